The minimum Gasteiger partial charge on any atom is -0.431 e. The summed E-state index contributed by atoms with van der Waals surface area (Å²) < 4.78 is 10.4. The Morgan fingerprint density at radius 1 is 1.33 bits per heavy atom. The van der Waals surface area contributed by atoms with Crippen LogP contribution in [0.1, 0.15) is 47.0 Å². The topological polar surface area (TPSA) is 55.8 Å². The molecule has 0 saturated heterocycles. The first-order chi connectivity index (χ1) is 8.43. The van der Waals surface area contributed by atoms with Crippen molar-refractivity contribution in [2.75, 3.05) is 6.61 Å². The van der Waals surface area contributed by atoms with Crippen LogP contribution in [0.15, 0.2) is 0 Å². The van der Waals surface area contributed by atoms with E-state index in [1.165, 1.54) is 6.42 Å². The van der Waals surface area contributed by atoms with Crippen molar-refractivity contribution in [3.8, 4) is 0 Å². The number of aliphatic hydroxyl groups is 1. The van der Waals surface area contributed by atoms with E-state index < -0.39 is 12.3 Å². The lowest BCUT2D eigenvalue weighted by molar-refractivity contribution is -0.0495. The largest absolute Gasteiger partial charge is 0.508 e. The zero-order valence-electron chi connectivity index (χ0n) is 11.9. The first kappa shape index (κ1) is 15.3. The third-order valence-corrected chi connectivity index (χ3v) is 3.76. The summed E-state index contributed by atoms with van der Waals surface area (Å²) in [7, 11) is 0. The fraction of sp³-hybridized carbons (Fsp3) is 0.929. The van der Waals surface area contributed by atoms with Gasteiger partial charge in [0.05, 0.1) is 6.61 Å². The van der Waals surface area contributed by atoms with Gasteiger partial charge in [0.25, 0.3) is 0 Å². The summed E-state index contributed by atoms with van der Waals surface area (Å²) in [5.41, 5.74) is 0. The van der Waals surface area contributed by atoms with Crippen molar-refractivity contribution in [3.05, 3.63) is 0 Å². The van der Waals surface area contributed by atoms with Crippen LogP contribution in [0.3, 0.4) is 0 Å². The standard InChI is InChI=1S/C14H26O4/c1-9(2)12-6-5-10(3)7-13(12)18-14(16)17-11(4)8-15/h9-13,15H,5-8H2,1-4H3/t10-,11-,12+,13-/m1/s1. The van der Waals surface area contributed by atoms with Crippen molar-refractivity contribution in [3.63, 3.8) is 0 Å². The maximum Gasteiger partial charge on any atom is 0.508 e. The molecule has 0 radical (unpaired) electrons. The van der Waals surface area contributed by atoms with E-state index in [1.54, 1.807) is 6.92 Å². The van der Waals surface area contributed by atoms with Gasteiger partial charge >= 0.3 is 6.16 Å². The molecule has 4 nitrogen and oxygen atoms in total. The lowest BCUT2D eigenvalue weighted by atomic mass is 9.75. The van der Waals surface area contributed by atoms with Crippen molar-refractivity contribution in [2.45, 2.75) is 59.2 Å². The van der Waals surface area contributed by atoms with Crippen LogP contribution in [0.2, 0.25) is 0 Å². The zero-order valence-corrected chi connectivity index (χ0v) is 11.9. The van der Waals surface area contributed by atoms with E-state index in [0.717, 1.165) is 12.8 Å². The highest BCUT2D eigenvalue weighted by molar-refractivity contribution is 5.60. The van der Waals surface area contributed by atoms with Gasteiger partial charge in [-0.05, 0) is 37.5 Å². The lowest BCUT2D eigenvalue weighted by Gasteiger charge is -2.36. The fourth-order valence-corrected chi connectivity index (χ4v) is 2.60. The van der Waals surface area contributed by atoms with Gasteiger partial charge in [0.15, 0.2) is 0 Å². The Labute approximate surface area is 110 Å². The molecule has 0 aromatic rings. The molecule has 4 atom stereocenters. The summed E-state index contributed by atoms with van der Waals surface area (Å²) in [4.78, 5) is 11.6. The smallest absolute Gasteiger partial charge is 0.431 e. The molecule has 0 spiro atoms. The van der Waals surface area contributed by atoms with E-state index in [-0.39, 0.29) is 12.7 Å². The average molecular weight is 258 g/mol. The van der Waals surface area contributed by atoms with Gasteiger partial charge in [-0.15, -0.1) is 0 Å². The Morgan fingerprint density at radius 3 is 2.56 bits per heavy atom. The second kappa shape index (κ2) is 6.98. The Hall–Kier alpha value is -0.770. The van der Waals surface area contributed by atoms with Crippen molar-refractivity contribution in [2.24, 2.45) is 17.8 Å². The number of hydrogen-bond donors (Lipinski definition) is 1. The Morgan fingerprint density at radius 2 is 2.00 bits per heavy atom. The molecular weight excluding hydrogens is 232 g/mol. The molecule has 18 heavy (non-hydrogen) atoms. The van der Waals surface area contributed by atoms with Gasteiger partial charge in [0, 0.05) is 0 Å². The van der Waals surface area contributed by atoms with Crippen LogP contribution < -0.4 is 0 Å². The highest BCUT2D eigenvalue weighted by Gasteiger charge is 2.34. The number of rotatable bonds is 4. The number of carbonyl (C=O) groups excluding carboxylic acids is 1. The van der Waals surface area contributed by atoms with Crippen molar-refractivity contribution < 1.29 is 19.4 Å². The molecule has 0 unspecified atom stereocenters. The third kappa shape index (κ3) is 4.48. The Bertz CT molecular complexity index is 265. The van der Waals surface area contributed by atoms with E-state index in [4.69, 9.17) is 14.6 Å². The highest BCUT2D eigenvalue weighted by Crippen LogP contribution is 2.35. The maximum absolute atomic E-state index is 11.6. The van der Waals surface area contributed by atoms with Gasteiger partial charge in [0.1, 0.15) is 12.2 Å². The molecule has 1 saturated carbocycles. The van der Waals surface area contributed by atoms with E-state index in [9.17, 15) is 4.79 Å². The minimum atomic E-state index is -0.652. The van der Waals surface area contributed by atoms with Crippen molar-refractivity contribution in [1.29, 1.82) is 0 Å². The van der Waals surface area contributed by atoms with Crippen LogP contribution in [-0.2, 0) is 9.47 Å². The number of carbonyl (C=O) groups is 1. The average Bonchev–Trinajstić information content (AvgIpc) is 2.28. The van der Waals surface area contributed by atoms with Crippen LogP contribution in [0, 0.1) is 17.8 Å². The Balaban J connectivity index is 2.52. The van der Waals surface area contributed by atoms with Gasteiger partial charge in [-0.3, -0.25) is 0 Å². The van der Waals surface area contributed by atoms with Crippen LogP contribution >= 0.6 is 0 Å². The molecule has 0 aromatic carbocycles. The minimum absolute atomic E-state index is 0.0489. The molecule has 106 valence electrons. The van der Waals surface area contributed by atoms with Gasteiger partial charge in [-0.2, -0.15) is 0 Å². The van der Waals surface area contributed by atoms with E-state index >= 15 is 0 Å². The highest BCUT2D eigenvalue weighted by atomic mass is 16.7. The predicted molar refractivity (Wildman–Crippen MR) is 69.2 cm³/mol. The molecule has 4 heteroatoms. The molecule has 0 aliphatic heterocycles. The first-order valence-corrected chi connectivity index (χ1v) is 6.92. The molecular formula is C14H26O4. The van der Waals surface area contributed by atoms with Gasteiger partial charge in [-0.1, -0.05) is 27.2 Å². The van der Waals surface area contributed by atoms with E-state index in [1.807, 2.05) is 0 Å². The van der Waals surface area contributed by atoms with Gasteiger partial charge < -0.3 is 14.6 Å². The van der Waals surface area contributed by atoms with E-state index in [2.05, 4.69) is 20.8 Å². The summed E-state index contributed by atoms with van der Waals surface area (Å²) in [5.74, 6) is 1.51. The number of hydrogen-bond acceptors (Lipinski definition) is 4. The zero-order chi connectivity index (χ0) is 13.7. The first-order valence-electron chi connectivity index (χ1n) is 6.92. The quantitative estimate of drug-likeness (QED) is 0.788. The molecule has 1 rings (SSSR count). The number of ether oxygens (including phenoxy) is 2. The summed E-state index contributed by atoms with van der Waals surface area (Å²) in [6.45, 7) is 7.99. The van der Waals surface area contributed by atoms with Gasteiger partial charge in [-0.25, -0.2) is 4.79 Å². The van der Waals surface area contributed by atoms with Crippen molar-refractivity contribution in [1.82, 2.24) is 0 Å². The molecule has 1 aliphatic carbocycles. The summed E-state index contributed by atoms with van der Waals surface area (Å²) in [6, 6.07) is 0. The van der Waals surface area contributed by atoms with Crippen molar-refractivity contribution >= 4 is 6.16 Å². The van der Waals surface area contributed by atoms with Crippen LogP contribution in [-0.4, -0.2) is 30.1 Å². The molecule has 0 amide bonds. The number of aliphatic hydroxyl groups excluding tert-OH is 1. The summed E-state index contributed by atoms with van der Waals surface area (Å²) in [6.07, 6.45) is 2.01. The third-order valence-electron chi connectivity index (χ3n) is 3.76. The maximum atomic E-state index is 11.6. The SMILES string of the molecule is CC(C)[C@@H]1CC[C@@H](C)C[C@H]1OC(=O)O[C@H](C)CO. The second-order valence-electron chi connectivity index (χ2n) is 5.84. The summed E-state index contributed by atoms with van der Waals surface area (Å²) in [5, 5.41) is 8.84. The Kier molecular flexibility index (Phi) is 5.93. The van der Waals surface area contributed by atoms with Crippen LogP contribution in [0.25, 0.3) is 0 Å². The molecule has 1 aliphatic rings. The summed E-state index contributed by atoms with van der Waals surface area (Å²) >= 11 is 0. The van der Waals surface area contributed by atoms with E-state index in [0.29, 0.717) is 17.8 Å². The second-order valence-corrected chi connectivity index (χ2v) is 5.84. The predicted octanol–water partition coefficient (Wildman–Crippen LogP) is 2.98. The van der Waals surface area contributed by atoms with Crippen LogP contribution in [0.5, 0.6) is 0 Å². The molecule has 0 heterocycles. The van der Waals surface area contributed by atoms with Crippen LogP contribution in [0.4, 0.5) is 4.79 Å². The molecule has 1 fully saturated rings. The molecule has 0 aromatic heterocycles. The normalized spacial score (nSPS) is 30.0. The molecule has 0 bridgehead atoms. The van der Waals surface area contributed by atoms with Gasteiger partial charge in [0.2, 0.25) is 0 Å². The lowest BCUT2D eigenvalue weighted by Crippen LogP contribution is -2.36. The monoisotopic (exact) mass is 258 g/mol. The molecule has 1 N–H and O–H groups in total. The fourth-order valence-electron chi connectivity index (χ4n) is 2.60.